The van der Waals surface area contributed by atoms with Crippen LogP contribution in [-0.4, -0.2) is 48.7 Å². The summed E-state index contributed by atoms with van der Waals surface area (Å²) in [5, 5.41) is 11.7. The summed E-state index contributed by atoms with van der Waals surface area (Å²) in [6.45, 7) is 19.4. The lowest BCUT2D eigenvalue weighted by Crippen LogP contribution is -2.43. The van der Waals surface area contributed by atoms with E-state index in [1.165, 1.54) is 12.8 Å². The van der Waals surface area contributed by atoms with Crippen LogP contribution in [0.2, 0.25) is 0 Å². The van der Waals surface area contributed by atoms with Gasteiger partial charge in [0.15, 0.2) is 0 Å². The number of fused-ring (bicyclic) bond motifs is 1. The SMILES string of the molecule is CCCN1C(=O)C(c2cc(C(C)(C)C)ccc2O)(c2cc(C(C)(C)C)ccc2OCCN2CCCC2)c2ccccc21. The highest BCUT2D eigenvalue weighted by molar-refractivity contribution is 6.13. The Balaban J connectivity index is 1.81. The molecule has 42 heavy (non-hydrogen) atoms. The zero-order valence-electron chi connectivity index (χ0n) is 26.6. The molecule has 3 aromatic carbocycles. The van der Waals surface area contributed by atoms with E-state index in [1.807, 2.05) is 35.2 Å². The molecule has 0 aliphatic carbocycles. The molecule has 0 spiro atoms. The van der Waals surface area contributed by atoms with Gasteiger partial charge in [0, 0.05) is 35.5 Å². The van der Waals surface area contributed by atoms with Crippen molar-refractivity contribution in [3.05, 3.63) is 88.5 Å². The van der Waals surface area contributed by atoms with Crippen molar-refractivity contribution in [1.29, 1.82) is 0 Å². The van der Waals surface area contributed by atoms with Gasteiger partial charge in [0.1, 0.15) is 23.5 Å². The maximum absolute atomic E-state index is 15.1. The normalized spacial score (nSPS) is 19.4. The summed E-state index contributed by atoms with van der Waals surface area (Å²) in [5.41, 5.74) is 3.80. The Kier molecular flexibility index (Phi) is 8.19. The summed E-state index contributed by atoms with van der Waals surface area (Å²) in [7, 11) is 0. The van der Waals surface area contributed by atoms with Crippen molar-refractivity contribution in [2.24, 2.45) is 0 Å². The zero-order chi connectivity index (χ0) is 30.3. The van der Waals surface area contributed by atoms with Gasteiger partial charge in [-0.25, -0.2) is 0 Å². The van der Waals surface area contributed by atoms with E-state index in [-0.39, 0.29) is 22.5 Å². The van der Waals surface area contributed by atoms with Crippen LogP contribution < -0.4 is 9.64 Å². The highest BCUT2D eigenvalue weighted by Crippen LogP contribution is 2.55. The molecule has 1 N–H and O–H groups in total. The average molecular weight is 569 g/mol. The second-order valence-electron chi connectivity index (χ2n) is 14.1. The number of carbonyl (C=O) groups is 1. The number of anilines is 1. The van der Waals surface area contributed by atoms with Crippen LogP contribution >= 0.6 is 0 Å². The lowest BCUT2D eigenvalue weighted by atomic mass is 9.67. The molecule has 0 radical (unpaired) electrons. The van der Waals surface area contributed by atoms with E-state index >= 15 is 4.79 Å². The van der Waals surface area contributed by atoms with Gasteiger partial charge >= 0.3 is 0 Å². The number of carbonyl (C=O) groups excluding carboxylic acids is 1. The van der Waals surface area contributed by atoms with Crippen molar-refractivity contribution in [2.45, 2.75) is 84.0 Å². The van der Waals surface area contributed by atoms with Gasteiger partial charge in [-0.3, -0.25) is 9.69 Å². The standard InChI is InChI=1S/C37H48N2O3/c1-8-19-39-31-14-10-9-13-28(31)37(34(39)41,29-24-26(35(2,3)4)15-17-32(29)40)30-25-27(36(5,6)7)16-18-33(30)42-23-22-38-20-11-12-21-38/h9-10,13-18,24-25,40H,8,11-12,19-23H2,1-7H3. The van der Waals surface area contributed by atoms with Gasteiger partial charge in [-0.05, 0) is 84.6 Å². The number of hydrogen-bond donors (Lipinski definition) is 1. The number of rotatable bonds is 8. The quantitative estimate of drug-likeness (QED) is 0.305. The number of para-hydroxylation sites is 1. The van der Waals surface area contributed by atoms with E-state index in [1.54, 1.807) is 6.07 Å². The monoisotopic (exact) mass is 568 g/mol. The number of phenols is 1. The van der Waals surface area contributed by atoms with Gasteiger partial charge in [0.05, 0.1) is 0 Å². The van der Waals surface area contributed by atoms with Gasteiger partial charge in [-0.1, -0.05) is 78.8 Å². The summed E-state index contributed by atoms with van der Waals surface area (Å²) in [6, 6.07) is 20.2. The Morgan fingerprint density at radius 1 is 0.810 bits per heavy atom. The van der Waals surface area contributed by atoms with Gasteiger partial charge in [0.25, 0.3) is 0 Å². The summed E-state index contributed by atoms with van der Waals surface area (Å²) < 4.78 is 6.63. The first-order valence-electron chi connectivity index (χ1n) is 15.6. The Bertz CT molecular complexity index is 1440. The van der Waals surface area contributed by atoms with E-state index in [0.717, 1.165) is 54.0 Å². The third kappa shape index (κ3) is 5.32. The molecule has 0 aromatic heterocycles. The summed E-state index contributed by atoms with van der Waals surface area (Å²) in [4.78, 5) is 19.5. The zero-order valence-corrected chi connectivity index (χ0v) is 26.6. The highest BCUT2D eigenvalue weighted by atomic mass is 16.5. The van der Waals surface area contributed by atoms with Gasteiger partial charge in [-0.15, -0.1) is 0 Å². The molecule has 1 atom stereocenters. The molecule has 5 heteroatoms. The van der Waals surface area contributed by atoms with E-state index in [2.05, 4.69) is 77.6 Å². The Labute approximate surface area is 252 Å². The van der Waals surface area contributed by atoms with Crippen LogP contribution in [0, 0.1) is 0 Å². The molecule has 1 saturated heterocycles. The van der Waals surface area contributed by atoms with Crippen molar-refractivity contribution in [2.75, 3.05) is 37.7 Å². The Morgan fingerprint density at radius 2 is 1.43 bits per heavy atom. The first kappa shape index (κ1) is 30.2. The fraction of sp³-hybridized carbons (Fsp3) is 0.486. The van der Waals surface area contributed by atoms with Crippen molar-refractivity contribution in [3.63, 3.8) is 0 Å². The fourth-order valence-corrected chi connectivity index (χ4v) is 6.57. The number of ether oxygens (including phenoxy) is 1. The van der Waals surface area contributed by atoms with Crippen LogP contribution in [0.25, 0.3) is 0 Å². The number of hydrogen-bond acceptors (Lipinski definition) is 4. The molecular weight excluding hydrogens is 520 g/mol. The molecule has 5 nitrogen and oxygen atoms in total. The molecule has 5 rings (SSSR count). The van der Waals surface area contributed by atoms with E-state index in [9.17, 15) is 5.11 Å². The van der Waals surface area contributed by atoms with Crippen molar-refractivity contribution >= 4 is 11.6 Å². The maximum Gasteiger partial charge on any atom is 0.247 e. The molecule has 3 aromatic rings. The number of benzene rings is 3. The van der Waals surface area contributed by atoms with E-state index < -0.39 is 5.41 Å². The smallest absolute Gasteiger partial charge is 0.247 e. The summed E-state index contributed by atoms with van der Waals surface area (Å²) in [6.07, 6.45) is 3.29. The van der Waals surface area contributed by atoms with Crippen LogP contribution in [0.4, 0.5) is 5.69 Å². The minimum absolute atomic E-state index is 0.0395. The molecule has 0 saturated carbocycles. The van der Waals surface area contributed by atoms with Gasteiger partial charge < -0.3 is 14.7 Å². The molecule has 1 amide bonds. The van der Waals surface area contributed by atoms with Gasteiger partial charge in [0.2, 0.25) is 5.91 Å². The number of likely N-dealkylation sites (tertiary alicyclic amines) is 1. The molecular formula is C37H48N2O3. The minimum Gasteiger partial charge on any atom is -0.508 e. The number of amides is 1. The van der Waals surface area contributed by atoms with E-state index in [4.69, 9.17) is 4.74 Å². The van der Waals surface area contributed by atoms with Crippen LogP contribution in [-0.2, 0) is 21.0 Å². The van der Waals surface area contributed by atoms with Crippen molar-refractivity contribution < 1.29 is 14.6 Å². The summed E-state index contributed by atoms with van der Waals surface area (Å²) >= 11 is 0. The third-order valence-electron chi connectivity index (χ3n) is 8.99. The molecule has 2 aliphatic heterocycles. The molecule has 224 valence electrons. The van der Waals surface area contributed by atoms with Gasteiger partial charge in [-0.2, -0.15) is 0 Å². The maximum atomic E-state index is 15.1. The lowest BCUT2D eigenvalue weighted by Gasteiger charge is -2.35. The number of phenolic OH excluding ortho intramolecular Hbond substituents is 1. The third-order valence-corrected chi connectivity index (χ3v) is 8.99. The van der Waals surface area contributed by atoms with Crippen LogP contribution in [0.3, 0.4) is 0 Å². The van der Waals surface area contributed by atoms with Crippen LogP contribution in [0.15, 0.2) is 60.7 Å². The average Bonchev–Trinajstić information content (AvgIpc) is 3.54. The largest absolute Gasteiger partial charge is 0.508 e. The van der Waals surface area contributed by atoms with E-state index in [0.29, 0.717) is 24.5 Å². The highest BCUT2D eigenvalue weighted by Gasteiger charge is 2.56. The van der Waals surface area contributed by atoms with Crippen molar-refractivity contribution in [3.8, 4) is 11.5 Å². The minimum atomic E-state index is -1.26. The second kappa shape index (κ2) is 11.4. The molecule has 1 fully saturated rings. The predicted molar refractivity (Wildman–Crippen MR) is 172 cm³/mol. The molecule has 0 bridgehead atoms. The first-order valence-corrected chi connectivity index (χ1v) is 15.6. The Hall–Kier alpha value is -3.31. The summed E-state index contributed by atoms with van der Waals surface area (Å²) in [5.74, 6) is 0.778. The first-order chi connectivity index (χ1) is 19.9. The fourth-order valence-electron chi connectivity index (χ4n) is 6.57. The Morgan fingerprint density at radius 3 is 2.07 bits per heavy atom. The number of aromatic hydroxyl groups is 1. The molecule has 2 aliphatic rings. The van der Waals surface area contributed by atoms with Crippen molar-refractivity contribution in [1.82, 2.24) is 4.90 Å². The lowest BCUT2D eigenvalue weighted by molar-refractivity contribution is -0.120. The topological polar surface area (TPSA) is 53.0 Å². The second-order valence-corrected chi connectivity index (χ2v) is 14.1. The van der Waals surface area contributed by atoms with Crippen LogP contribution in [0.1, 0.15) is 95.5 Å². The number of nitrogens with zero attached hydrogens (tertiary/aromatic N) is 2. The predicted octanol–water partition coefficient (Wildman–Crippen LogP) is 7.55. The molecule has 1 unspecified atom stereocenters. The van der Waals surface area contributed by atoms with Crippen LogP contribution in [0.5, 0.6) is 11.5 Å². The molecule has 2 heterocycles.